The van der Waals surface area contributed by atoms with Gasteiger partial charge in [-0.2, -0.15) is 0 Å². The first kappa shape index (κ1) is 12.8. The van der Waals surface area contributed by atoms with Gasteiger partial charge >= 0.3 is 0 Å². The Kier molecular flexibility index (Phi) is 4.39. The lowest BCUT2D eigenvalue weighted by Crippen LogP contribution is -2.25. The van der Waals surface area contributed by atoms with E-state index < -0.39 is 0 Å². The van der Waals surface area contributed by atoms with Crippen molar-refractivity contribution in [1.82, 2.24) is 0 Å². The molecule has 0 aromatic heterocycles. The second kappa shape index (κ2) is 5.16. The summed E-state index contributed by atoms with van der Waals surface area (Å²) < 4.78 is 0. The number of halogens is 1. The van der Waals surface area contributed by atoms with Gasteiger partial charge in [0.2, 0.25) is 0 Å². The smallest absolute Gasteiger partial charge is 0.0237 e. The van der Waals surface area contributed by atoms with Crippen LogP contribution in [0.2, 0.25) is 0 Å². The molecule has 0 saturated heterocycles. The van der Waals surface area contributed by atoms with Crippen LogP contribution in [0.5, 0.6) is 0 Å². The average molecular weight is 269 g/mol. The molecule has 0 fully saturated rings. The fraction of sp³-hybridized carbons (Fsp3) is 0.571. The van der Waals surface area contributed by atoms with Crippen LogP contribution in [0.3, 0.4) is 0 Å². The van der Waals surface area contributed by atoms with Gasteiger partial charge in [-0.25, -0.2) is 0 Å². The predicted octanol–water partition coefficient (Wildman–Crippen LogP) is 4.74. The molecule has 0 nitrogen and oxygen atoms in total. The monoisotopic (exact) mass is 268 g/mol. The molecule has 1 aromatic rings. The maximum Gasteiger partial charge on any atom is 0.0237 e. The Labute approximate surface area is 102 Å². The van der Waals surface area contributed by atoms with Crippen molar-refractivity contribution in [3.8, 4) is 0 Å². The SMILES string of the molecule is CCC(C)(C)C(Br)Cc1ccc(C)cc1. The van der Waals surface area contributed by atoms with Crippen molar-refractivity contribution in [3.63, 3.8) is 0 Å². The largest absolute Gasteiger partial charge is 0.0881 e. The quantitative estimate of drug-likeness (QED) is 0.693. The zero-order valence-electron chi connectivity index (χ0n) is 10.2. The van der Waals surface area contributed by atoms with Crippen LogP contribution in [-0.2, 0) is 6.42 Å². The summed E-state index contributed by atoms with van der Waals surface area (Å²) in [6.45, 7) is 9.02. The van der Waals surface area contributed by atoms with Gasteiger partial charge < -0.3 is 0 Å². The summed E-state index contributed by atoms with van der Waals surface area (Å²) in [6.07, 6.45) is 2.32. The van der Waals surface area contributed by atoms with E-state index in [-0.39, 0.29) is 0 Å². The number of rotatable bonds is 4. The van der Waals surface area contributed by atoms with Gasteiger partial charge in [-0.3, -0.25) is 0 Å². The summed E-state index contributed by atoms with van der Waals surface area (Å²) in [7, 11) is 0. The van der Waals surface area contributed by atoms with Gasteiger partial charge in [-0.15, -0.1) is 0 Å². The highest BCUT2D eigenvalue weighted by Gasteiger charge is 2.25. The van der Waals surface area contributed by atoms with Gasteiger partial charge in [0.25, 0.3) is 0 Å². The Bertz CT molecular complexity index is 298. The Morgan fingerprint density at radius 3 is 2.20 bits per heavy atom. The molecule has 0 spiro atoms. The van der Waals surface area contributed by atoms with E-state index in [1.807, 2.05) is 0 Å². The normalized spacial score (nSPS) is 13.9. The van der Waals surface area contributed by atoms with Crippen molar-refractivity contribution in [3.05, 3.63) is 35.4 Å². The van der Waals surface area contributed by atoms with Crippen molar-refractivity contribution < 1.29 is 0 Å². The van der Waals surface area contributed by atoms with E-state index in [9.17, 15) is 0 Å². The van der Waals surface area contributed by atoms with E-state index in [0.717, 1.165) is 6.42 Å². The van der Waals surface area contributed by atoms with Crippen LogP contribution in [0.25, 0.3) is 0 Å². The Morgan fingerprint density at radius 2 is 1.73 bits per heavy atom. The van der Waals surface area contributed by atoms with Crippen LogP contribution in [-0.4, -0.2) is 4.83 Å². The first-order valence-corrected chi connectivity index (χ1v) is 6.57. The predicted molar refractivity (Wildman–Crippen MR) is 71.7 cm³/mol. The molecule has 0 saturated carbocycles. The van der Waals surface area contributed by atoms with Crippen LogP contribution in [0.1, 0.15) is 38.3 Å². The summed E-state index contributed by atoms with van der Waals surface area (Å²) in [4.78, 5) is 0.553. The van der Waals surface area contributed by atoms with E-state index in [0.29, 0.717) is 10.2 Å². The first-order chi connectivity index (χ1) is 6.95. The lowest BCUT2D eigenvalue weighted by molar-refractivity contribution is 0.340. The summed E-state index contributed by atoms with van der Waals surface area (Å²) >= 11 is 3.81. The lowest BCUT2D eigenvalue weighted by Gasteiger charge is -2.29. The molecule has 15 heavy (non-hydrogen) atoms. The second-order valence-electron chi connectivity index (χ2n) is 5.00. The summed E-state index contributed by atoms with van der Waals surface area (Å²) in [5.41, 5.74) is 3.12. The first-order valence-electron chi connectivity index (χ1n) is 5.65. The molecule has 0 aliphatic heterocycles. The number of benzene rings is 1. The average Bonchev–Trinajstić information content (AvgIpc) is 2.21. The van der Waals surface area contributed by atoms with Crippen molar-refractivity contribution in [2.24, 2.45) is 5.41 Å². The lowest BCUT2D eigenvalue weighted by atomic mass is 9.84. The van der Waals surface area contributed by atoms with Gasteiger partial charge in [0, 0.05) is 4.83 Å². The third-order valence-electron chi connectivity index (χ3n) is 3.29. The number of aryl methyl sites for hydroxylation is 1. The molecular formula is C14H21Br. The Hall–Kier alpha value is -0.300. The summed E-state index contributed by atoms with van der Waals surface area (Å²) in [6, 6.07) is 8.84. The molecule has 84 valence electrons. The maximum atomic E-state index is 3.81. The Balaban J connectivity index is 2.66. The minimum Gasteiger partial charge on any atom is -0.0881 e. The Morgan fingerprint density at radius 1 is 1.20 bits per heavy atom. The summed E-state index contributed by atoms with van der Waals surface area (Å²) in [5, 5.41) is 0. The van der Waals surface area contributed by atoms with Crippen LogP contribution in [0.4, 0.5) is 0 Å². The molecule has 0 aliphatic rings. The molecule has 1 atom stereocenters. The van der Waals surface area contributed by atoms with E-state index in [4.69, 9.17) is 0 Å². The van der Waals surface area contributed by atoms with Gasteiger partial charge in [-0.05, 0) is 30.7 Å². The molecule has 0 amide bonds. The van der Waals surface area contributed by atoms with Gasteiger partial charge in [0.1, 0.15) is 0 Å². The van der Waals surface area contributed by atoms with Crippen molar-refractivity contribution in [2.75, 3.05) is 0 Å². The fourth-order valence-electron chi connectivity index (χ4n) is 1.43. The highest BCUT2D eigenvalue weighted by molar-refractivity contribution is 9.09. The highest BCUT2D eigenvalue weighted by atomic mass is 79.9. The van der Waals surface area contributed by atoms with Crippen molar-refractivity contribution in [1.29, 1.82) is 0 Å². The molecule has 1 aromatic carbocycles. The third-order valence-corrected chi connectivity index (χ3v) is 4.86. The van der Waals surface area contributed by atoms with E-state index >= 15 is 0 Å². The number of alkyl halides is 1. The van der Waals surface area contributed by atoms with E-state index in [1.165, 1.54) is 17.5 Å². The molecule has 0 heterocycles. The zero-order valence-corrected chi connectivity index (χ0v) is 11.8. The van der Waals surface area contributed by atoms with Crippen LogP contribution in [0.15, 0.2) is 24.3 Å². The minimum absolute atomic E-state index is 0.366. The second-order valence-corrected chi connectivity index (χ2v) is 6.10. The maximum absolute atomic E-state index is 3.81. The zero-order chi connectivity index (χ0) is 11.5. The topological polar surface area (TPSA) is 0 Å². The summed E-state index contributed by atoms with van der Waals surface area (Å²) in [5.74, 6) is 0. The van der Waals surface area contributed by atoms with E-state index in [1.54, 1.807) is 0 Å². The van der Waals surface area contributed by atoms with E-state index in [2.05, 4.69) is 67.9 Å². The molecular weight excluding hydrogens is 248 g/mol. The fourth-order valence-corrected chi connectivity index (χ4v) is 2.13. The van der Waals surface area contributed by atoms with Gasteiger partial charge in [0.15, 0.2) is 0 Å². The van der Waals surface area contributed by atoms with Crippen LogP contribution < -0.4 is 0 Å². The third kappa shape index (κ3) is 3.64. The molecule has 0 bridgehead atoms. The molecule has 1 heteroatoms. The molecule has 0 N–H and O–H groups in total. The van der Waals surface area contributed by atoms with Gasteiger partial charge in [0.05, 0.1) is 0 Å². The van der Waals surface area contributed by atoms with Crippen LogP contribution >= 0.6 is 15.9 Å². The number of hydrogen-bond acceptors (Lipinski definition) is 0. The van der Waals surface area contributed by atoms with Gasteiger partial charge in [-0.1, -0.05) is 66.5 Å². The molecule has 1 unspecified atom stereocenters. The van der Waals surface area contributed by atoms with Crippen molar-refractivity contribution in [2.45, 2.75) is 45.4 Å². The molecule has 1 rings (SSSR count). The molecule has 0 aliphatic carbocycles. The minimum atomic E-state index is 0.366. The standard InChI is InChI=1S/C14H21Br/c1-5-14(3,4)13(15)10-12-8-6-11(2)7-9-12/h6-9,13H,5,10H2,1-4H3. The van der Waals surface area contributed by atoms with Crippen LogP contribution in [0, 0.1) is 12.3 Å². The highest BCUT2D eigenvalue weighted by Crippen LogP contribution is 2.32. The van der Waals surface area contributed by atoms with Crippen molar-refractivity contribution >= 4 is 15.9 Å². The number of hydrogen-bond donors (Lipinski definition) is 0. The molecule has 0 radical (unpaired) electrons.